The summed E-state index contributed by atoms with van der Waals surface area (Å²) < 4.78 is 23.4. The van der Waals surface area contributed by atoms with E-state index in [9.17, 15) is 23.5 Å². The van der Waals surface area contributed by atoms with E-state index < -0.39 is 22.2 Å². The van der Waals surface area contributed by atoms with E-state index in [0.717, 1.165) is 5.56 Å². The first kappa shape index (κ1) is 24.2. The average Bonchev–Trinajstić information content (AvgIpc) is 3.12. The van der Waals surface area contributed by atoms with Crippen LogP contribution in [0.5, 0.6) is 0 Å². The maximum absolute atomic E-state index is 13.1. The zero-order valence-corrected chi connectivity index (χ0v) is 20.8. The minimum absolute atomic E-state index is 0.0492. The van der Waals surface area contributed by atoms with Gasteiger partial charge in [-0.15, -0.1) is 10.8 Å². The molecule has 0 unspecified atom stereocenters. The fourth-order valence-electron chi connectivity index (χ4n) is 3.99. The van der Waals surface area contributed by atoms with Crippen molar-refractivity contribution in [3.05, 3.63) is 67.0 Å². The fourth-order valence-corrected chi connectivity index (χ4v) is 6.30. The number of fused-ring (bicyclic) bond motifs is 1. The van der Waals surface area contributed by atoms with Crippen molar-refractivity contribution >= 4 is 50.1 Å². The maximum Gasteiger partial charge on any atom is 0.271 e. The highest BCUT2D eigenvalue weighted by atomic mass is 79.9. The Bertz CT molecular complexity index is 1140. The molecule has 2 aliphatic rings. The first-order valence-electron chi connectivity index (χ1n) is 10.4. The van der Waals surface area contributed by atoms with Crippen LogP contribution in [0.15, 0.2) is 39.6 Å². The third kappa shape index (κ3) is 5.13. The number of pyridine rings is 1. The molecule has 0 saturated carbocycles. The standard InChI is InChI=1S/C21H24BrClN4O5S/c22-17-12-16(19(28)24-13-14-2-4-15(23)5-3-14)20(29)27-10-8-25(21(30)18(17)27)7-9-26-6-1-11-33(26,31)32/h2-5,12,31-32H,1,6-11,13H2,(H,24,28). The van der Waals surface area contributed by atoms with E-state index in [4.69, 9.17) is 11.6 Å². The molecule has 1 aromatic heterocycles. The van der Waals surface area contributed by atoms with E-state index in [-0.39, 0.29) is 30.3 Å². The summed E-state index contributed by atoms with van der Waals surface area (Å²) in [6, 6.07) is 8.39. The first-order valence-corrected chi connectivity index (χ1v) is 13.3. The molecule has 9 nitrogen and oxygen atoms in total. The number of halogens is 2. The van der Waals surface area contributed by atoms with Gasteiger partial charge in [0.1, 0.15) is 11.3 Å². The molecule has 0 spiro atoms. The lowest BCUT2D eigenvalue weighted by Gasteiger charge is -2.38. The van der Waals surface area contributed by atoms with Gasteiger partial charge in [-0.3, -0.25) is 23.5 Å². The number of carbonyl (C=O) groups is 2. The van der Waals surface area contributed by atoms with Gasteiger partial charge in [-0.05, 0) is 46.1 Å². The molecule has 3 N–H and O–H groups in total. The number of aromatic nitrogens is 1. The van der Waals surface area contributed by atoms with Crippen molar-refractivity contribution < 1.29 is 18.7 Å². The first-order chi connectivity index (χ1) is 15.7. The molecule has 1 aromatic carbocycles. The van der Waals surface area contributed by atoms with Crippen molar-refractivity contribution in [2.24, 2.45) is 0 Å². The number of hydrogen-bond acceptors (Lipinski definition) is 6. The van der Waals surface area contributed by atoms with Gasteiger partial charge < -0.3 is 14.8 Å². The molecule has 3 heterocycles. The van der Waals surface area contributed by atoms with Crippen molar-refractivity contribution in [1.82, 2.24) is 19.1 Å². The molecule has 0 aliphatic carbocycles. The second-order valence-electron chi connectivity index (χ2n) is 7.93. The zero-order valence-electron chi connectivity index (χ0n) is 17.7. The number of hydrogen-bond donors (Lipinski definition) is 3. The quantitative estimate of drug-likeness (QED) is 0.501. The van der Waals surface area contributed by atoms with Crippen molar-refractivity contribution in [2.45, 2.75) is 19.5 Å². The summed E-state index contributed by atoms with van der Waals surface area (Å²) in [5, 5.41) is 3.32. The third-order valence-corrected chi connectivity index (χ3v) is 8.68. The molecule has 1 saturated heterocycles. The van der Waals surface area contributed by atoms with Gasteiger partial charge in [0.2, 0.25) is 0 Å². The van der Waals surface area contributed by atoms with Crippen LogP contribution in [0.1, 0.15) is 32.8 Å². The molecule has 1 fully saturated rings. The lowest BCUT2D eigenvalue weighted by atomic mass is 10.1. The predicted molar refractivity (Wildman–Crippen MR) is 131 cm³/mol. The summed E-state index contributed by atoms with van der Waals surface area (Å²) in [4.78, 5) is 40.3. The largest absolute Gasteiger partial charge is 0.348 e. The summed E-state index contributed by atoms with van der Waals surface area (Å²) in [5.41, 5.74) is 0.453. The van der Waals surface area contributed by atoms with Crippen molar-refractivity contribution in [1.29, 1.82) is 0 Å². The molecule has 2 amide bonds. The SMILES string of the molecule is O=C(NCc1ccc(Cl)cc1)c1cc(Br)c2n(c1=O)CCN(CCN1CCCS1(O)O)C2=O. The highest BCUT2D eigenvalue weighted by Crippen LogP contribution is 2.48. The van der Waals surface area contributed by atoms with Gasteiger partial charge in [-0.1, -0.05) is 23.7 Å². The van der Waals surface area contributed by atoms with E-state index >= 15 is 0 Å². The van der Waals surface area contributed by atoms with Crippen LogP contribution in [0.2, 0.25) is 5.02 Å². The Hall–Kier alpha value is -1.89. The van der Waals surface area contributed by atoms with Gasteiger partial charge in [-0.2, -0.15) is 0 Å². The van der Waals surface area contributed by atoms with Crippen molar-refractivity contribution in [3.63, 3.8) is 0 Å². The van der Waals surface area contributed by atoms with Crippen LogP contribution in [0, 0.1) is 0 Å². The molecule has 0 bridgehead atoms. The molecule has 2 aliphatic heterocycles. The van der Waals surface area contributed by atoms with Crippen molar-refractivity contribution in [2.75, 3.05) is 31.9 Å². The Morgan fingerprint density at radius 1 is 1.12 bits per heavy atom. The van der Waals surface area contributed by atoms with Crippen LogP contribution < -0.4 is 10.9 Å². The molecule has 178 valence electrons. The van der Waals surface area contributed by atoms with Crippen LogP contribution >= 0.6 is 38.3 Å². The van der Waals surface area contributed by atoms with Gasteiger partial charge in [0.25, 0.3) is 17.4 Å². The maximum atomic E-state index is 13.1. The second-order valence-corrected chi connectivity index (χ2v) is 11.4. The Morgan fingerprint density at radius 2 is 1.85 bits per heavy atom. The number of benzene rings is 1. The van der Waals surface area contributed by atoms with Crippen LogP contribution in [0.25, 0.3) is 0 Å². The van der Waals surface area contributed by atoms with Gasteiger partial charge >= 0.3 is 0 Å². The third-order valence-electron chi connectivity index (χ3n) is 5.80. The van der Waals surface area contributed by atoms with E-state index in [0.29, 0.717) is 47.8 Å². The Balaban J connectivity index is 1.47. The number of rotatable bonds is 6. The van der Waals surface area contributed by atoms with Gasteiger partial charge in [0.05, 0.1) is 5.75 Å². The van der Waals surface area contributed by atoms with Gasteiger partial charge in [-0.25, -0.2) is 4.31 Å². The fraction of sp³-hybridized carbons (Fsp3) is 0.381. The van der Waals surface area contributed by atoms with E-state index in [1.165, 1.54) is 10.6 Å². The van der Waals surface area contributed by atoms with Crippen LogP contribution in [0.4, 0.5) is 0 Å². The summed E-state index contributed by atoms with van der Waals surface area (Å²) in [5.74, 6) is -0.512. The lowest BCUT2D eigenvalue weighted by Crippen LogP contribution is -2.48. The minimum Gasteiger partial charge on any atom is -0.348 e. The second kappa shape index (κ2) is 9.77. The monoisotopic (exact) mass is 558 g/mol. The van der Waals surface area contributed by atoms with Crippen molar-refractivity contribution in [3.8, 4) is 0 Å². The molecule has 33 heavy (non-hydrogen) atoms. The molecular formula is C21H24BrClN4O5S. The van der Waals surface area contributed by atoms with E-state index in [2.05, 4.69) is 21.2 Å². The van der Waals surface area contributed by atoms with Gasteiger partial charge in [0, 0.05) is 48.8 Å². The number of carbonyl (C=O) groups excluding carboxylic acids is 2. The molecule has 12 heteroatoms. The highest BCUT2D eigenvalue weighted by molar-refractivity contribution is 9.10. The normalized spacial score (nSPS) is 18.8. The molecular weight excluding hydrogens is 536 g/mol. The Labute approximate surface area is 205 Å². The van der Waals surface area contributed by atoms with Crippen LogP contribution in [-0.2, 0) is 13.1 Å². The van der Waals surface area contributed by atoms with E-state index in [1.54, 1.807) is 33.5 Å². The smallest absolute Gasteiger partial charge is 0.271 e. The molecule has 4 rings (SSSR count). The number of nitrogens with one attached hydrogen (secondary N) is 1. The summed E-state index contributed by atoms with van der Waals surface area (Å²) in [6.07, 6.45) is 0.711. The highest BCUT2D eigenvalue weighted by Gasteiger charge is 2.33. The summed E-state index contributed by atoms with van der Waals surface area (Å²) >= 11 is 9.23. The van der Waals surface area contributed by atoms with Crippen LogP contribution in [-0.4, -0.2) is 66.6 Å². The average molecular weight is 560 g/mol. The Kier molecular flexibility index (Phi) is 7.18. The number of nitrogens with zero attached hydrogens (tertiary/aromatic N) is 3. The molecule has 0 atom stereocenters. The molecule has 2 aromatic rings. The minimum atomic E-state index is -2.74. The predicted octanol–water partition coefficient (Wildman–Crippen LogP) is 3.02. The van der Waals surface area contributed by atoms with E-state index in [1.807, 2.05) is 0 Å². The summed E-state index contributed by atoms with van der Waals surface area (Å²) in [7, 11) is -2.74. The van der Waals surface area contributed by atoms with Gasteiger partial charge in [0.15, 0.2) is 0 Å². The lowest BCUT2D eigenvalue weighted by molar-refractivity contribution is 0.0689. The zero-order chi connectivity index (χ0) is 23.8. The summed E-state index contributed by atoms with van der Waals surface area (Å²) in [6.45, 7) is 2.02. The van der Waals surface area contributed by atoms with Crippen LogP contribution in [0.3, 0.4) is 0 Å². The molecule has 0 radical (unpaired) electrons. The topological polar surface area (TPSA) is 115 Å². The number of amides is 2. The Morgan fingerprint density at radius 3 is 2.52 bits per heavy atom.